The SMILES string of the molecule is CCN(CC)c1ccc(N2C(=O)C(O)=C(C(=O)c3cc4ccccc4o3)C2c2ccc(N(C)C)cc2)cc1. The molecule has 0 aliphatic carbocycles. The zero-order valence-electron chi connectivity index (χ0n) is 22.0. The number of furan rings is 1. The Hall–Kier alpha value is -4.52. The van der Waals surface area contributed by atoms with Gasteiger partial charge in [-0.1, -0.05) is 30.3 Å². The molecule has 5 rings (SSSR count). The van der Waals surface area contributed by atoms with E-state index < -0.39 is 23.5 Å². The van der Waals surface area contributed by atoms with Gasteiger partial charge in [0.25, 0.3) is 5.91 Å². The van der Waals surface area contributed by atoms with Gasteiger partial charge in [0.05, 0.1) is 11.6 Å². The van der Waals surface area contributed by atoms with Crippen LogP contribution in [0.3, 0.4) is 0 Å². The van der Waals surface area contributed by atoms with Crippen LogP contribution in [-0.2, 0) is 4.79 Å². The first-order valence-corrected chi connectivity index (χ1v) is 12.8. The molecule has 38 heavy (non-hydrogen) atoms. The Morgan fingerprint density at radius 1 is 0.921 bits per heavy atom. The van der Waals surface area contributed by atoms with Crippen LogP contribution in [0.5, 0.6) is 0 Å². The van der Waals surface area contributed by atoms with Crippen molar-refractivity contribution in [2.75, 3.05) is 41.9 Å². The Labute approximate surface area is 222 Å². The van der Waals surface area contributed by atoms with Crippen molar-refractivity contribution in [3.05, 3.63) is 102 Å². The summed E-state index contributed by atoms with van der Waals surface area (Å²) in [5.74, 6) is -1.63. The van der Waals surface area contributed by atoms with Crippen LogP contribution in [-0.4, -0.2) is 44.0 Å². The molecule has 1 amide bonds. The summed E-state index contributed by atoms with van der Waals surface area (Å²) in [7, 11) is 3.89. The van der Waals surface area contributed by atoms with Gasteiger partial charge in [-0.2, -0.15) is 0 Å². The number of aliphatic hydroxyl groups excluding tert-OH is 1. The fourth-order valence-corrected chi connectivity index (χ4v) is 5.01. The molecule has 7 heteroatoms. The van der Waals surface area contributed by atoms with Crippen molar-refractivity contribution in [1.29, 1.82) is 0 Å². The van der Waals surface area contributed by atoms with Crippen molar-refractivity contribution in [3.8, 4) is 0 Å². The smallest absolute Gasteiger partial charge is 0.294 e. The largest absolute Gasteiger partial charge is 0.503 e. The molecule has 1 aliphatic heterocycles. The second kappa shape index (κ2) is 10.1. The van der Waals surface area contributed by atoms with Crippen LogP contribution in [0.25, 0.3) is 11.0 Å². The molecular weight excluding hydrogens is 478 g/mol. The molecule has 2 heterocycles. The van der Waals surface area contributed by atoms with Crippen molar-refractivity contribution in [2.45, 2.75) is 19.9 Å². The molecule has 0 spiro atoms. The number of nitrogens with zero attached hydrogens (tertiary/aromatic N) is 3. The molecule has 1 unspecified atom stereocenters. The first-order chi connectivity index (χ1) is 18.3. The molecule has 0 saturated carbocycles. The zero-order valence-corrected chi connectivity index (χ0v) is 22.0. The third-order valence-corrected chi connectivity index (χ3v) is 7.08. The minimum absolute atomic E-state index is 0.000483. The molecule has 4 aromatic rings. The van der Waals surface area contributed by atoms with Crippen molar-refractivity contribution in [3.63, 3.8) is 0 Å². The number of benzene rings is 3. The first-order valence-electron chi connectivity index (χ1n) is 12.8. The second-order valence-electron chi connectivity index (χ2n) is 9.49. The summed E-state index contributed by atoms with van der Waals surface area (Å²) in [6.45, 7) is 5.90. The number of aliphatic hydroxyl groups is 1. The van der Waals surface area contributed by atoms with Gasteiger partial charge in [-0.05, 0) is 67.9 Å². The lowest BCUT2D eigenvalue weighted by molar-refractivity contribution is -0.117. The van der Waals surface area contributed by atoms with E-state index in [0.717, 1.165) is 29.9 Å². The number of anilines is 3. The Bertz CT molecular complexity index is 1480. The van der Waals surface area contributed by atoms with Gasteiger partial charge in [-0.15, -0.1) is 0 Å². The summed E-state index contributed by atoms with van der Waals surface area (Å²) < 4.78 is 5.83. The first kappa shape index (κ1) is 25.1. The fraction of sp³-hybridized carbons (Fsp3) is 0.226. The van der Waals surface area contributed by atoms with E-state index in [0.29, 0.717) is 16.8 Å². The lowest BCUT2D eigenvalue weighted by Crippen LogP contribution is -2.31. The average molecular weight is 510 g/mol. The number of carbonyl (C=O) groups excluding carboxylic acids is 2. The molecule has 0 bridgehead atoms. The van der Waals surface area contributed by atoms with Crippen LogP contribution < -0.4 is 14.7 Å². The van der Waals surface area contributed by atoms with Gasteiger partial charge in [0, 0.05) is 49.6 Å². The molecule has 7 nitrogen and oxygen atoms in total. The van der Waals surface area contributed by atoms with Gasteiger partial charge in [-0.25, -0.2) is 0 Å². The summed E-state index contributed by atoms with van der Waals surface area (Å²) in [6.07, 6.45) is 0. The molecular formula is C31H31N3O4. The van der Waals surface area contributed by atoms with Gasteiger partial charge in [0.2, 0.25) is 5.78 Å². The van der Waals surface area contributed by atoms with E-state index in [1.165, 1.54) is 4.90 Å². The van der Waals surface area contributed by atoms with E-state index in [2.05, 4.69) is 18.7 Å². The van der Waals surface area contributed by atoms with E-state index in [9.17, 15) is 14.7 Å². The van der Waals surface area contributed by atoms with Gasteiger partial charge in [-0.3, -0.25) is 14.5 Å². The molecule has 3 aromatic carbocycles. The number of hydrogen-bond donors (Lipinski definition) is 1. The molecule has 0 fully saturated rings. The van der Waals surface area contributed by atoms with Crippen LogP contribution in [0.1, 0.15) is 36.0 Å². The van der Waals surface area contributed by atoms with Gasteiger partial charge >= 0.3 is 0 Å². The van der Waals surface area contributed by atoms with E-state index >= 15 is 0 Å². The number of amides is 1. The average Bonchev–Trinajstić information content (AvgIpc) is 3.48. The predicted molar refractivity (Wildman–Crippen MR) is 151 cm³/mol. The van der Waals surface area contributed by atoms with Crippen LogP contribution in [0.4, 0.5) is 17.1 Å². The lowest BCUT2D eigenvalue weighted by Gasteiger charge is -2.28. The number of Topliss-reactive ketones (excluding diaryl/α,β-unsaturated/α-hetero) is 1. The fourth-order valence-electron chi connectivity index (χ4n) is 5.01. The van der Waals surface area contributed by atoms with E-state index in [1.54, 1.807) is 12.1 Å². The number of carbonyl (C=O) groups is 2. The van der Waals surface area contributed by atoms with E-state index in [1.807, 2.05) is 85.7 Å². The minimum Gasteiger partial charge on any atom is -0.503 e. The molecule has 1 aliphatic rings. The maximum absolute atomic E-state index is 13.8. The summed E-state index contributed by atoms with van der Waals surface area (Å²) in [5, 5.41) is 11.9. The Morgan fingerprint density at radius 2 is 1.55 bits per heavy atom. The summed E-state index contributed by atoms with van der Waals surface area (Å²) in [6, 6.07) is 23.4. The molecule has 1 N–H and O–H groups in total. The quantitative estimate of drug-likeness (QED) is 0.288. The maximum Gasteiger partial charge on any atom is 0.294 e. The normalized spacial score (nSPS) is 15.4. The monoisotopic (exact) mass is 509 g/mol. The minimum atomic E-state index is -0.821. The van der Waals surface area contributed by atoms with Gasteiger partial charge in [0.1, 0.15) is 5.58 Å². The van der Waals surface area contributed by atoms with Crippen molar-refractivity contribution in [1.82, 2.24) is 0 Å². The van der Waals surface area contributed by atoms with E-state index in [4.69, 9.17) is 4.42 Å². The van der Waals surface area contributed by atoms with Crippen LogP contribution in [0, 0.1) is 0 Å². The Morgan fingerprint density at radius 3 is 2.16 bits per heavy atom. The number of fused-ring (bicyclic) bond motifs is 1. The van der Waals surface area contributed by atoms with Gasteiger partial charge < -0.3 is 19.3 Å². The predicted octanol–water partition coefficient (Wildman–Crippen LogP) is 6.13. The topological polar surface area (TPSA) is 77.2 Å². The molecule has 194 valence electrons. The maximum atomic E-state index is 13.8. The standard InChI is InChI=1S/C31H31N3O4/c1-5-33(6-2)23-15-17-24(18-16-23)34-28(20-11-13-22(14-12-20)32(3)4)27(30(36)31(34)37)29(35)26-19-21-9-7-8-10-25(21)38-26/h7-19,28,36H,5-6H2,1-4H3. The van der Waals surface area contributed by atoms with Crippen molar-refractivity contribution < 1.29 is 19.1 Å². The number of para-hydroxylation sites is 1. The zero-order chi connectivity index (χ0) is 27.0. The second-order valence-corrected chi connectivity index (χ2v) is 9.49. The van der Waals surface area contributed by atoms with Gasteiger partial charge in [0.15, 0.2) is 11.5 Å². The molecule has 1 atom stereocenters. The third kappa shape index (κ3) is 4.30. The van der Waals surface area contributed by atoms with Crippen LogP contribution in [0.2, 0.25) is 0 Å². The number of ketones is 1. The molecule has 0 saturated heterocycles. The molecule has 1 aromatic heterocycles. The lowest BCUT2D eigenvalue weighted by atomic mass is 9.94. The number of rotatable bonds is 8. The third-order valence-electron chi connectivity index (χ3n) is 7.08. The van der Waals surface area contributed by atoms with E-state index in [-0.39, 0.29) is 11.3 Å². The van der Waals surface area contributed by atoms with Crippen LogP contribution >= 0.6 is 0 Å². The molecule has 0 radical (unpaired) electrons. The highest BCUT2D eigenvalue weighted by molar-refractivity contribution is 6.20. The highest BCUT2D eigenvalue weighted by Crippen LogP contribution is 2.43. The summed E-state index contributed by atoms with van der Waals surface area (Å²) >= 11 is 0. The highest BCUT2D eigenvalue weighted by Gasteiger charge is 2.45. The Kier molecular flexibility index (Phi) is 6.68. The summed E-state index contributed by atoms with van der Waals surface area (Å²) in [5.41, 5.74) is 3.88. The van der Waals surface area contributed by atoms with Crippen LogP contribution in [0.15, 0.2) is 94.6 Å². The summed E-state index contributed by atoms with van der Waals surface area (Å²) in [4.78, 5) is 33.0. The van der Waals surface area contributed by atoms with Crippen molar-refractivity contribution >= 4 is 39.7 Å². The Balaban J connectivity index is 1.61. The highest BCUT2D eigenvalue weighted by atomic mass is 16.3. The number of hydrogen-bond acceptors (Lipinski definition) is 6. The van der Waals surface area contributed by atoms with Crippen molar-refractivity contribution in [2.24, 2.45) is 0 Å².